The van der Waals surface area contributed by atoms with Gasteiger partial charge in [-0.15, -0.1) is 0 Å². The van der Waals surface area contributed by atoms with Gasteiger partial charge in [-0.1, -0.05) is 97.1 Å². The molecule has 0 amide bonds. The van der Waals surface area contributed by atoms with E-state index >= 15 is 0 Å². The molecule has 0 aromatic heterocycles. The molecule has 1 N–H and O–H groups in total. The molecule has 0 bridgehead atoms. The number of nitrogens with one attached hydrogen (secondary N) is 1. The molecule has 31 heavy (non-hydrogen) atoms. The van der Waals surface area contributed by atoms with Crippen LogP contribution < -0.4 is 26.3 Å². The van der Waals surface area contributed by atoms with Crippen LogP contribution in [0.5, 0.6) is 0 Å². The first-order chi connectivity index (χ1) is 15.3. The van der Waals surface area contributed by atoms with Crippen LogP contribution in [0.3, 0.4) is 0 Å². The standard InChI is InChI=1S/C28H30NP2/c1-29-31(27-19-10-4-11-20-27,28-21-12-5-13-22-28)24-14-23-30(25-15-6-2-7-16-25)26-17-8-3-9-18-26/h2-13,15-22,29H,14,23-24H2,1H3/q+1. The van der Waals surface area contributed by atoms with Gasteiger partial charge in [0.25, 0.3) is 0 Å². The summed E-state index contributed by atoms with van der Waals surface area (Å²) in [6.07, 6.45) is 3.55. The van der Waals surface area contributed by atoms with Crippen molar-refractivity contribution in [3.8, 4) is 0 Å². The molecule has 0 unspecified atom stereocenters. The fourth-order valence-corrected chi connectivity index (χ4v) is 10.4. The molecule has 4 aromatic carbocycles. The minimum atomic E-state index is -1.66. The first-order valence-corrected chi connectivity index (χ1v) is 14.4. The van der Waals surface area contributed by atoms with Gasteiger partial charge < -0.3 is 0 Å². The molecule has 0 fully saturated rings. The van der Waals surface area contributed by atoms with E-state index in [4.69, 9.17) is 0 Å². The van der Waals surface area contributed by atoms with Crippen LogP contribution in [0.15, 0.2) is 121 Å². The molecule has 0 atom stereocenters. The fraction of sp³-hybridized carbons (Fsp3) is 0.143. The van der Waals surface area contributed by atoms with E-state index in [-0.39, 0.29) is 7.92 Å². The molecule has 0 spiro atoms. The zero-order chi connectivity index (χ0) is 21.4. The predicted molar refractivity (Wildman–Crippen MR) is 142 cm³/mol. The van der Waals surface area contributed by atoms with Crippen molar-refractivity contribution < 1.29 is 0 Å². The topological polar surface area (TPSA) is 12.0 Å². The van der Waals surface area contributed by atoms with Gasteiger partial charge in [-0.2, -0.15) is 5.09 Å². The van der Waals surface area contributed by atoms with Crippen LogP contribution in [0.1, 0.15) is 6.42 Å². The molecule has 4 aromatic rings. The Kier molecular flexibility index (Phi) is 7.66. The Morgan fingerprint density at radius 3 is 1.35 bits per heavy atom. The van der Waals surface area contributed by atoms with Gasteiger partial charge in [-0.3, -0.25) is 0 Å². The van der Waals surface area contributed by atoms with Crippen molar-refractivity contribution in [3.63, 3.8) is 0 Å². The average molecular weight is 443 g/mol. The van der Waals surface area contributed by atoms with Gasteiger partial charge in [-0.05, 0) is 55.4 Å². The Morgan fingerprint density at radius 1 is 0.581 bits per heavy atom. The first kappa shape index (κ1) is 21.9. The van der Waals surface area contributed by atoms with Crippen molar-refractivity contribution >= 4 is 36.6 Å². The van der Waals surface area contributed by atoms with Gasteiger partial charge in [0.1, 0.15) is 18.0 Å². The van der Waals surface area contributed by atoms with Gasteiger partial charge in [0.05, 0.1) is 6.16 Å². The molecule has 3 heteroatoms. The Morgan fingerprint density at radius 2 is 0.968 bits per heavy atom. The summed E-state index contributed by atoms with van der Waals surface area (Å²) in [6.45, 7) is 0. The molecule has 4 rings (SSSR count). The molecule has 0 saturated heterocycles. The van der Waals surface area contributed by atoms with Crippen molar-refractivity contribution in [1.29, 1.82) is 0 Å². The van der Waals surface area contributed by atoms with Crippen LogP contribution in [0.25, 0.3) is 0 Å². The van der Waals surface area contributed by atoms with Crippen molar-refractivity contribution in [2.75, 3.05) is 19.4 Å². The molecule has 1 nitrogen and oxygen atoms in total. The minimum Gasteiger partial charge on any atom is -0.186 e. The summed E-state index contributed by atoms with van der Waals surface area (Å²) in [5, 5.41) is 9.63. The Hall–Kier alpha value is -2.30. The first-order valence-electron chi connectivity index (χ1n) is 10.9. The van der Waals surface area contributed by atoms with Crippen molar-refractivity contribution in [1.82, 2.24) is 5.09 Å². The lowest BCUT2D eigenvalue weighted by Crippen LogP contribution is -2.34. The van der Waals surface area contributed by atoms with E-state index in [9.17, 15) is 0 Å². The van der Waals surface area contributed by atoms with E-state index in [0.717, 1.165) is 6.16 Å². The Labute approximate surface area is 188 Å². The monoisotopic (exact) mass is 442 g/mol. The van der Waals surface area contributed by atoms with Gasteiger partial charge in [-0.25, -0.2) is 0 Å². The van der Waals surface area contributed by atoms with Crippen LogP contribution in [-0.2, 0) is 0 Å². The maximum absolute atomic E-state index is 3.82. The summed E-state index contributed by atoms with van der Waals surface area (Å²) in [4.78, 5) is 0. The molecule has 0 saturated carbocycles. The average Bonchev–Trinajstić information content (AvgIpc) is 2.87. The third kappa shape index (κ3) is 5.13. The van der Waals surface area contributed by atoms with E-state index < -0.39 is 7.41 Å². The number of hydrogen-bond acceptors (Lipinski definition) is 1. The molecule has 0 aliphatic rings. The zero-order valence-electron chi connectivity index (χ0n) is 18.1. The predicted octanol–water partition coefficient (Wildman–Crippen LogP) is 5.31. The maximum Gasteiger partial charge on any atom is 0.145 e. The molecular weight excluding hydrogens is 412 g/mol. The maximum atomic E-state index is 3.82. The van der Waals surface area contributed by atoms with Crippen LogP contribution in [0.4, 0.5) is 0 Å². The zero-order valence-corrected chi connectivity index (χ0v) is 19.9. The van der Waals surface area contributed by atoms with E-state index in [1.54, 1.807) is 0 Å². The highest BCUT2D eigenvalue weighted by molar-refractivity contribution is 7.87. The third-order valence-corrected chi connectivity index (χ3v) is 12.5. The van der Waals surface area contributed by atoms with Crippen LogP contribution >= 0.6 is 15.3 Å². The number of hydrogen-bond donors (Lipinski definition) is 1. The van der Waals surface area contributed by atoms with Crippen LogP contribution in [0.2, 0.25) is 0 Å². The highest BCUT2D eigenvalue weighted by Crippen LogP contribution is 2.53. The summed E-state index contributed by atoms with van der Waals surface area (Å²) in [7, 11) is 0.126. The van der Waals surface area contributed by atoms with Gasteiger partial charge in [0, 0.05) is 7.05 Å². The van der Waals surface area contributed by atoms with Crippen molar-refractivity contribution in [2.24, 2.45) is 0 Å². The van der Waals surface area contributed by atoms with E-state index in [0.29, 0.717) is 0 Å². The summed E-state index contributed by atoms with van der Waals surface area (Å²) in [5.74, 6) is 0. The quantitative estimate of drug-likeness (QED) is 0.346. The molecule has 156 valence electrons. The molecule has 0 aliphatic carbocycles. The second-order valence-corrected chi connectivity index (χ2v) is 13.5. The number of benzene rings is 4. The molecule has 0 heterocycles. The second-order valence-electron chi connectivity index (χ2n) is 7.60. The van der Waals surface area contributed by atoms with Crippen LogP contribution in [0, 0.1) is 0 Å². The van der Waals surface area contributed by atoms with E-state index in [1.165, 1.54) is 33.8 Å². The lowest BCUT2D eigenvalue weighted by Gasteiger charge is -2.27. The lowest BCUT2D eigenvalue weighted by molar-refractivity contribution is 1.08. The molecule has 0 aliphatic heterocycles. The number of rotatable bonds is 9. The highest BCUT2D eigenvalue weighted by Gasteiger charge is 2.41. The second kappa shape index (κ2) is 10.8. The largest absolute Gasteiger partial charge is 0.186 e. The normalized spacial score (nSPS) is 11.5. The summed E-state index contributed by atoms with van der Waals surface area (Å²) in [5.41, 5.74) is 0. The Balaban J connectivity index is 1.62. The van der Waals surface area contributed by atoms with Crippen LogP contribution in [-0.4, -0.2) is 19.4 Å². The third-order valence-electron chi connectivity index (χ3n) is 5.79. The lowest BCUT2D eigenvalue weighted by atomic mass is 10.4. The van der Waals surface area contributed by atoms with E-state index in [2.05, 4.69) is 133 Å². The molecule has 0 radical (unpaired) electrons. The van der Waals surface area contributed by atoms with Crippen molar-refractivity contribution in [3.05, 3.63) is 121 Å². The Bertz CT molecular complexity index is 958. The van der Waals surface area contributed by atoms with Crippen molar-refractivity contribution in [2.45, 2.75) is 6.42 Å². The van der Waals surface area contributed by atoms with E-state index in [1.807, 2.05) is 0 Å². The fourth-order valence-electron chi connectivity index (χ4n) is 4.23. The van der Waals surface area contributed by atoms with Gasteiger partial charge in [0.2, 0.25) is 0 Å². The summed E-state index contributed by atoms with van der Waals surface area (Å²) >= 11 is 0. The SMILES string of the molecule is CN[P+](CCCP(c1ccccc1)c1ccccc1)(c1ccccc1)c1ccccc1. The smallest absolute Gasteiger partial charge is 0.145 e. The van der Waals surface area contributed by atoms with Gasteiger partial charge in [0.15, 0.2) is 0 Å². The summed E-state index contributed by atoms with van der Waals surface area (Å²) < 4.78 is 0. The molecular formula is C28H30NP2+. The minimum absolute atomic E-state index is 0.357. The summed E-state index contributed by atoms with van der Waals surface area (Å²) in [6, 6.07) is 44.2. The highest BCUT2D eigenvalue weighted by atomic mass is 31.2. The van der Waals surface area contributed by atoms with Gasteiger partial charge >= 0.3 is 0 Å².